The fraction of sp³-hybridized carbons (Fsp3) is 0.364. The second-order valence-corrected chi connectivity index (χ2v) is 11.5. The Hall–Kier alpha value is -3.73. The number of benzene rings is 3. The third-order valence-corrected chi connectivity index (χ3v) is 8.13. The van der Waals surface area contributed by atoms with Gasteiger partial charge in [-0.15, -0.1) is 0 Å². The van der Waals surface area contributed by atoms with Crippen molar-refractivity contribution >= 4 is 16.8 Å². The van der Waals surface area contributed by atoms with Crippen LogP contribution in [-0.4, -0.2) is 27.7 Å². The number of carbonyl (C=O) groups excluding carboxylic acids is 1. The summed E-state index contributed by atoms with van der Waals surface area (Å²) in [5.74, 6) is 1.64. The molecule has 0 radical (unpaired) electrons. The smallest absolute Gasteiger partial charge is 0.251 e. The van der Waals surface area contributed by atoms with E-state index >= 15 is 0 Å². The molecule has 4 aromatic rings. The minimum atomic E-state index is -0.445. The number of carbonyl (C=O) groups is 1. The molecule has 1 saturated carbocycles. The maximum atomic E-state index is 13.5. The van der Waals surface area contributed by atoms with Gasteiger partial charge in [-0.25, -0.2) is 0 Å². The van der Waals surface area contributed by atoms with Gasteiger partial charge in [0, 0.05) is 27.6 Å². The Morgan fingerprint density at radius 2 is 1.79 bits per heavy atom. The molecule has 1 fully saturated rings. The zero-order valence-corrected chi connectivity index (χ0v) is 22.3. The number of aromatic nitrogens is 1. The van der Waals surface area contributed by atoms with Crippen LogP contribution in [0.15, 0.2) is 66.7 Å². The largest absolute Gasteiger partial charge is 0.508 e. The predicted molar refractivity (Wildman–Crippen MR) is 152 cm³/mol. The average Bonchev–Trinajstić information content (AvgIpc) is 3.11. The number of fused-ring (bicyclic) bond motifs is 5. The first-order chi connectivity index (χ1) is 18.4. The fourth-order valence-corrected chi connectivity index (χ4v) is 6.43. The Labute approximate surface area is 224 Å². The van der Waals surface area contributed by atoms with Crippen LogP contribution in [0.4, 0.5) is 0 Å². The highest BCUT2D eigenvalue weighted by Gasteiger charge is 2.30. The Morgan fingerprint density at radius 1 is 1.03 bits per heavy atom. The molecule has 5 heteroatoms. The van der Waals surface area contributed by atoms with Crippen molar-refractivity contribution in [3.63, 3.8) is 0 Å². The van der Waals surface area contributed by atoms with Crippen LogP contribution in [0, 0.1) is 0 Å². The maximum absolute atomic E-state index is 13.5. The highest BCUT2D eigenvalue weighted by molar-refractivity contribution is 6.01. The van der Waals surface area contributed by atoms with Crippen LogP contribution in [0.3, 0.4) is 0 Å². The molecule has 0 unspecified atom stereocenters. The summed E-state index contributed by atoms with van der Waals surface area (Å²) in [6, 6.07) is 21.8. The summed E-state index contributed by atoms with van der Waals surface area (Å²) >= 11 is 0. The molecule has 0 spiro atoms. The lowest BCUT2D eigenvalue weighted by molar-refractivity contribution is 0.0913. The molecule has 1 amide bonds. The van der Waals surface area contributed by atoms with Gasteiger partial charge in [0.1, 0.15) is 18.1 Å². The normalized spacial score (nSPS) is 15.8. The quantitative estimate of drug-likeness (QED) is 0.299. The van der Waals surface area contributed by atoms with Gasteiger partial charge >= 0.3 is 0 Å². The highest BCUT2D eigenvalue weighted by atomic mass is 16.5. The van der Waals surface area contributed by atoms with Gasteiger partial charge in [0.15, 0.2) is 0 Å². The average molecular weight is 509 g/mol. The fourth-order valence-electron chi connectivity index (χ4n) is 6.43. The molecule has 0 bridgehead atoms. The van der Waals surface area contributed by atoms with Crippen LogP contribution in [-0.2, 0) is 13.0 Å². The molecule has 2 aliphatic rings. The number of hydrogen-bond acceptors (Lipinski definition) is 3. The molecule has 2 heterocycles. The Balaban J connectivity index is 1.39. The van der Waals surface area contributed by atoms with Crippen molar-refractivity contribution in [2.75, 3.05) is 6.61 Å². The molecular weight excluding hydrogens is 472 g/mol. The summed E-state index contributed by atoms with van der Waals surface area (Å²) in [5, 5.41) is 14.1. The summed E-state index contributed by atoms with van der Waals surface area (Å²) in [5.41, 5.74) is 6.26. The first-order valence-electron chi connectivity index (χ1n) is 13.9. The van der Waals surface area contributed by atoms with E-state index in [1.165, 1.54) is 48.7 Å². The van der Waals surface area contributed by atoms with Crippen molar-refractivity contribution in [1.82, 2.24) is 9.88 Å². The van der Waals surface area contributed by atoms with Gasteiger partial charge in [-0.2, -0.15) is 0 Å². The van der Waals surface area contributed by atoms with E-state index in [9.17, 15) is 9.90 Å². The van der Waals surface area contributed by atoms with E-state index in [4.69, 9.17) is 4.74 Å². The van der Waals surface area contributed by atoms with Gasteiger partial charge in [0.05, 0.1) is 12.2 Å². The Bertz CT molecular complexity index is 1480. The molecule has 38 heavy (non-hydrogen) atoms. The summed E-state index contributed by atoms with van der Waals surface area (Å²) in [6.07, 6.45) is 6.94. The molecule has 196 valence electrons. The van der Waals surface area contributed by atoms with Crippen LogP contribution in [0.5, 0.6) is 11.5 Å². The molecule has 0 atom stereocenters. The van der Waals surface area contributed by atoms with Gasteiger partial charge in [-0.1, -0.05) is 49.6 Å². The number of hydrogen-bond donors (Lipinski definition) is 2. The molecule has 5 nitrogen and oxygen atoms in total. The lowest BCUT2D eigenvalue weighted by Crippen LogP contribution is -2.45. The lowest BCUT2D eigenvalue weighted by atomic mass is 9.81. The highest BCUT2D eigenvalue weighted by Crippen LogP contribution is 2.47. The lowest BCUT2D eigenvalue weighted by Gasteiger charge is -2.26. The topological polar surface area (TPSA) is 63.5 Å². The van der Waals surface area contributed by atoms with Gasteiger partial charge in [-0.3, -0.25) is 4.79 Å². The van der Waals surface area contributed by atoms with Crippen LogP contribution < -0.4 is 10.1 Å². The summed E-state index contributed by atoms with van der Waals surface area (Å²) in [7, 11) is 0. The van der Waals surface area contributed by atoms with Crippen LogP contribution >= 0.6 is 0 Å². The monoisotopic (exact) mass is 508 g/mol. The van der Waals surface area contributed by atoms with Gasteiger partial charge < -0.3 is 19.7 Å². The zero-order valence-electron chi connectivity index (χ0n) is 22.3. The summed E-state index contributed by atoms with van der Waals surface area (Å²) in [4.78, 5) is 13.5. The standard InChI is InChI=1S/C33H36N2O3/c1-33(2,21-22-12-15-25(36)16-13-22)34-32(37)24-14-17-26-28(20-24)35-18-19-38-29-11-7-6-10-27(29)31(35)30(26)23-8-4-3-5-9-23/h6-7,10-17,20,23,36H,3-5,8-9,18-19,21H2,1-2H3,(H,34,37). The van der Waals surface area contributed by atoms with E-state index < -0.39 is 5.54 Å². The third-order valence-electron chi connectivity index (χ3n) is 8.13. The van der Waals surface area contributed by atoms with Crippen molar-refractivity contribution in [2.24, 2.45) is 0 Å². The van der Waals surface area contributed by atoms with E-state index in [0.29, 0.717) is 24.5 Å². The second kappa shape index (κ2) is 9.86. The number of nitrogens with one attached hydrogen (secondary N) is 1. The molecule has 2 N–H and O–H groups in total. The van der Waals surface area contributed by atoms with E-state index in [1.807, 2.05) is 38.1 Å². The van der Waals surface area contributed by atoms with Crippen molar-refractivity contribution in [3.05, 3.63) is 83.4 Å². The van der Waals surface area contributed by atoms with E-state index in [0.717, 1.165) is 28.9 Å². The minimum Gasteiger partial charge on any atom is -0.508 e. The van der Waals surface area contributed by atoms with Crippen molar-refractivity contribution in [3.8, 4) is 22.8 Å². The summed E-state index contributed by atoms with van der Waals surface area (Å²) in [6.45, 7) is 5.43. The van der Waals surface area contributed by atoms with Crippen molar-refractivity contribution in [1.29, 1.82) is 0 Å². The molecule has 1 aliphatic heterocycles. The SMILES string of the molecule is CC(C)(Cc1ccc(O)cc1)NC(=O)c1ccc2c(C3CCCCC3)c3n(c2c1)CCOc1ccccc1-3. The molecule has 1 aromatic heterocycles. The molecule has 1 aliphatic carbocycles. The van der Waals surface area contributed by atoms with E-state index in [-0.39, 0.29) is 11.7 Å². The van der Waals surface area contributed by atoms with E-state index in [2.05, 4.69) is 40.2 Å². The van der Waals surface area contributed by atoms with E-state index in [1.54, 1.807) is 12.1 Å². The number of rotatable bonds is 5. The minimum absolute atomic E-state index is 0.0734. The van der Waals surface area contributed by atoms with Crippen molar-refractivity contribution < 1.29 is 14.6 Å². The van der Waals surface area contributed by atoms with Crippen molar-refractivity contribution in [2.45, 2.75) is 70.4 Å². The number of aromatic hydroxyl groups is 1. The number of amides is 1. The predicted octanol–water partition coefficient (Wildman–Crippen LogP) is 7.21. The number of nitrogens with zero attached hydrogens (tertiary/aromatic N) is 1. The Kier molecular flexibility index (Phi) is 6.38. The summed E-state index contributed by atoms with van der Waals surface area (Å²) < 4.78 is 8.56. The second-order valence-electron chi connectivity index (χ2n) is 11.5. The van der Waals surface area contributed by atoms with Crippen LogP contribution in [0.25, 0.3) is 22.2 Å². The van der Waals surface area contributed by atoms with Gasteiger partial charge in [-0.05, 0) is 86.6 Å². The van der Waals surface area contributed by atoms with Gasteiger partial charge in [0.25, 0.3) is 5.91 Å². The van der Waals surface area contributed by atoms with Crippen LogP contribution in [0.1, 0.15) is 73.4 Å². The number of phenolic OH excluding ortho intramolecular Hbond substituents is 1. The molecule has 6 rings (SSSR count). The van der Waals surface area contributed by atoms with Gasteiger partial charge in [0.2, 0.25) is 0 Å². The molecule has 0 saturated heterocycles. The maximum Gasteiger partial charge on any atom is 0.251 e. The number of ether oxygens (including phenoxy) is 1. The zero-order chi connectivity index (χ0) is 26.3. The number of phenols is 1. The number of para-hydroxylation sites is 1. The Morgan fingerprint density at radius 3 is 2.58 bits per heavy atom. The first kappa shape index (κ1) is 24.6. The van der Waals surface area contributed by atoms with Crippen LogP contribution in [0.2, 0.25) is 0 Å². The first-order valence-corrected chi connectivity index (χ1v) is 13.9. The third kappa shape index (κ3) is 4.66. The molecular formula is C33H36N2O3. The molecule has 3 aromatic carbocycles.